The number of carboxylic acid groups (broad SMARTS) is 1. The van der Waals surface area contributed by atoms with Crippen LogP contribution in [0, 0.1) is 0 Å². The first-order valence-corrected chi connectivity index (χ1v) is 10.6. The van der Waals surface area contributed by atoms with Crippen LogP contribution in [-0.4, -0.2) is 44.8 Å². The van der Waals surface area contributed by atoms with Gasteiger partial charge in [-0.3, -0.25) is 14.5 Å². The third-order valence-electron chi connectivity index (χ3n) is 4.25. The quantitative estimate of drug-likeness (QED) is 0.667. The Kier molecular flexibility index (Phi) is 7.02. The number of thioether (sulfide) groups is 1. The number of hydrogen-bond donors (Lipinski definition) is 2. The van der Waals surface area contributed by atoms with Crippen LogP contribution in [0.2, 0.25) is 10.0 Å². The van der Waals surface area contributed by atoms with E-state index in [2.05, 4.69) is 10.3 Å². The molecule has 0 saturated carbocycles. The van der Waals surface area contributed by atoms with E-state index in [1.54, 1.807) is 24.3 Å². The van der Waals surface area contributed by atoms with Crippen LogP contribution in [-0.2, 0) is 9.59 Å². The second-order valence-corrected chi connectivity index (χ2v) is 8.30. The van der Waals surface area contributed by atoms with Crippen molar-refractivity contribution in [3.8, 4) is 0 Å². The van der Waals surface area contributed by atoms with E-state index in [9.17, 15) is 14.4 Å². The third kappa shape index (κ3) is 5.13. The Balaban J connectivity index is 1.82. The van der Waals surface area contributed by atoms with Crippen LogP contribution in [0.3, 0.4) is 0 Å². The average molecular weight is 466 g/mol. The second-order valence-electron chi connectivity index (χ2n) is 6.32. The molecule has 1 saturated heterocycles. The molecule has 1 fully saturated rings. The fraction of sp³-hybridized carbons (Fsp3) is 0.200. The van der Waals surface area contributed by atoms with Crippen LogP contribution in [0.4, 0.5) is 11.4 Å². The van der Waals surface area contributed by atoms with Gasteiger partial charge < -0.3 is 10.4 Å². The standard InChI is InChI=1S/C20H17Cl2N3O4S/c1-2-25-17(26)10-16(18(27)23-12-5-3-4-11(8-12)19(28)29)30-20(25)24-13-6-7-14(21)15(22)9-13/h3-9,16H,2,10H2,1H3,(H,23,27)(H,28,29). The summed E-state index contributed by atoms with van der Waals surface area (Å²) >= 11 is 13.1. The summed E-state index contributed by atoms with van der Waals surface area (Å²) in [5.41, 5.74) is 0.904. The van der Waals surface area contributed by atoms with Crippen molar-refractivity contribution in [2.24, 2.45) is 4.99 Å². The summed E-state index contributed by atoms with van der Waals surface area (Å²) in [5, 5.41) is 12.2. The van der Waals surface area contributed by atoms with Crippen molar-refractivity contribution in [1.82, 2.24) is 4.90 Å². The Labute approximate surface area is 187 Å². The Hall–Kier alpha value is -2.55. The maximum absolute atomic E-state index is 12.7. The summed E-state index contributed by atoms with van der Waals surface area (Å²) in [7, 11) is 0. The minimum atomic E-state index is -1.09. The Morgan fingerprint density at radius 1 is 1.23 bits per heavy atom. The summed E-state index contributed by atoms with van der Waals surface area (Å²) in [6.45, 7) is 2.22. The molecule has 1 aliphatic rings. The molecule has 1 heterocycles. The van der Waals surface area contributed by atoms with E-state index in [1.807, 2.05) is 6.92 Å². The zero-order chi connectivity index (χ0) is 21.8. The highest BCUT2D eigenvalue weighted by Crippen LogP contribution is 2.32. The second kappa shape index (κ2) is 9.51. The molecule has 156 valence electrons. The lowest BCUT2D eigenvalue weighted by Crippen LogP contribution is -2.45. The first kappa shape index (κ1) is 22.1. The maximum atomic E-state index is 12.7. The molecule has 0 bridgehead atoms. The normalized spacial score (nSPS) is 17.8. The number of amidine groups is 1. The zero-order valence-corrected chi connectivity index (χ0v) is 18.1. The fourth-order valence-electron chi connectivity index (χ4n) is 2.77. The minimum Gasteiger partial charge on any atom is -0.478 e. The molecule has 0 spiro atoms. The van der Waals surface area contributed by atoms with Gasteiger partial charge in [0.2, 0.25) is 11.8 Å². The lowest BCUT2D eigenvalue weighted by Gasteiger charge is -2.31. The predicted molar refractivity (Wildman–Crippen MR) is 119 cm³/mol. The van der Waals surface area contributed by atoms with E-state index >= 15 is 0 Å². The van der Waals surface area contributed by atoms with E-state index in [1.165, 1.54) is 23.1 Å². The van der Waals surface area contributed by atoms with Gasteiger partial charge in [-0.2, -0.15) is 0 Å². The van der Waals surface area contributed by atoms with Crippen molar-refractivity contribution in [2.75, 3.05) is 11.9 Å². The number of aromatic carboxylic acids is 1. The van der Waals surface area contributed by atoms with Crippen LogP contribution >= 0.6 is 35.0 Å². The summed E-state index contributed by atoms with van der Waals surface area (Å²) < 4.78 is 0. The highest BCUT2D eigenvalue weighted by atomic mass is 35.5. The average Bonchev–Trinajstić information content (AvgIpc) is 2.70. The van der Waals surface area contributed by atoms with Crippen LogP contribution in [0.25, 0.3) is 0 Å². The number of rotatable bonds is 5. The van der Waals surface area contributed by atoms with Crippen molar-refractivity contribution in [3.63, 3.8) is 0 Å². The number of halogens is 2. The van der Waals surface area contributed by atoms with Gasteiger partial charge in [-0.15, -0.1) is 0 Å². The minimum absolute atomic E-state index is 0.00333. The predicted octanol–water partition coefficient (Wildman–Crippen LogP) is 4.67. The third-order valence-corrected chi connectivity index (χ3v) is 6.18. The van der Waals surface area contributed by atoms with E-state index in [0.717, 1.165) is 11.8 Å². The number of anilines is 1. The van der Waals surface area contributed by atoms with E-state index in [0.29, 0.717) is 33.1 Å². The number of nitrogens with one attached hydrogen (secondary N) is 1. The summed E-state index contributed by atoms with van der Waals surface area (Å²) in [5.74, 6) is -1.73. The maximum Gasteiger partial charge on any atom is 0.335 e. The molecule has 1 aliphatic heterocycles. The summed E-state index contributed by atoms with van der Waals surface area (Å²) in [6, 6.07) is 10.8. The highest BCUT2D eigenvalue weighted by molar-refractivity contribution is 8.15. The van der Waals surface area contributed by atoms with Crippen molar-refractivity contribution in [3.05, 3.63) is 58.1 Å². The van der Waals surface area contributed by atoms with Gasteiger partial charge in [0.25, 0.3) is 0 Å². The Morgan fingerprint density at radius 3 is 2.67 bits per heavy atom. The van der Waals surface area contributed by atoms with Gasteiger partial charge in [0.05, 0.1) is 21.3 Å². The van der Waals surface area contributed by atoms with E-state index in [4.69, 9.17) is 28.3 Å². The number of carbonyl (C=O) groups is 3. The molecular weight excluding hydrogens is 449 g/mol. The molecule has 30 heavy (non-hydrogen) atoms. The molecule has 1 unspecified atom stereocenters. The van der Waals surface area contributed by atoms with E-state index < -0.39 is 17.1 Å². The smallest absolute Gasteiger partial charge is 0.335 e. The number of hydrogen-bond acceptors (Lipinski definition) is 5. The van der Waals surface area contributed by atoms with Gasteiger partial charge in [-0.25, -0.2) is 9.79 Å². The summed E-state index contributed by atoms with van der Waals surface area (Å²) in [4.78, 5) is 42.4. The summed E-state index contributed by atoms with van der Waals surface area (Å²) in [6.07, 6.45) is 0.00333. The van der Waals surface area contributed by atoms with Crippen LogP contribution in [0.5, 0.6) is 0 Å². The van der Waals surface area contributed by atoms with Crippen molar-refractivity contribution < 1.29 is 19.5 Å². The topological polar surface area (TPSA) is 99.1 Å². The zero-order valence-electron chi connectivity index (χ0n) is 15.8. The van der Waals surface area contributed by atoms with E-state index in [-0.39, 0.29) is 17.9 Å². The molecule has 0 aromatic heterocycles. The molecular formula is C20H17Cl2N3O4S. The van der Waals surface area contributed by atoms with Crippen molar-refractivity contribution in [1.29, 1.82) is 0 Å². The van der Waals surface area contributed by atoms with Crippen LogP contribution < -0.4 is 5.32 Å². The Bertz CT molecular complexity index is 1040. The number of nitrogens with zero attached hydrogens (tertiary/aromatic N) is 2. The van der Waals surface area contributed by atoms with Gasteiger partial charge >= 0.3 is 5.97 Å². The van der Waals surface area contributed by atoms with Crippen LogP contribution in [0.1, 0.15) is 23.7 Å². The molecule has 2 amide bonds. The van der Waals surface area contributed by atoms with Gasteiger partial charge in [-0.1, -0.05) is 41.0 Å². The first-order valence-electron chi connectivity index (χ1n) is 8.93. The molecule has 7 nitrogen and oxygen atoms in total. The number of amides is 2. The monoisotopic (exact) mass is 465 g/mol. The Morgan fingerprint density at radius 2 is 2.00 bits per heavy atom. The molecule has 1 atom stereocenters. The molecule has 2 aromatic rings. The molecule has 2 N–H and O–H groups in total. The van der Waals surface area contributed by atoms with Crippen LogP contribution in [0.15, 0.2) is 47.5 Å². The molecule has 2 aromatic carbocycles. The molecule has 10 heteroatoms. The van der Waals surface area contributed by atoms with Gasteiger partial charge in [0, 0.05) is 18.7 Å². The number of carboxylic acids is 1. The number of aliphatic imine (C=N–C) groups is 1. The number of carbonyl (C=O) groups excluding carboxylic acids is 2. The highest BCUT2D eigenvalue weighted by Gasteiger charge is 2.35. The molecule has 0 radical (unpaired) electrons. The first-order chi connectivity index (χ1) is 14.3. The van der Waals surface area contributed by atoms with Gasteiger partial charge in [0.15, 0.2) is 5.17 Å². The lowest BCUT2D eigenvalue weighted by molar-refractivity contribution is -0.129. The van der Waals surface area contributed by atoms with Crippen molar-refractivity contribution in [2.45, 2.75) is 18.6 Å². The van der Waals surface area contributed by atoms with Gasteiger partial charge in [-0.05, 0) is 43.3 Å². The molecule has 3 rings (SSSR count). The SMILES string of the molecule is CCN1C(=O)CC(C(=O)Nc2cccc(C(=O)O)c2)SC1=Nc1ccc(Cl)c(Cl)c1. The largest absolute Gasteiger partial charge is 0.478 e. The number of benzene rings is 2. The molecule has 0 aliphatic carbocycles. The lowest BCUT2D eigenvalue weighted by atomic mass is 10.2. The fourth-order valence-corrected chi connectivity index (χ4v) is 4.23. The van der Waals surface area contributed by atoms with Gasteiger partial charge in [0.1, 0.15) is 5.25 Å². The van der Waals surface area contributed by atoms with Crippen molar-refractivity contribution >= 4 is 69.3 Å².